The lowest BCUT2D eigenvalue weighted by atomic mass is 10.1. The van der Waals surface area contributed by atoms with Gasteiger partial charge in [0.1, 0.15) is 11.4 Å². The molecule has 0 aliphatic heterocycles. The summed E-state index contributed by atoms with van der Waals surface area (Å²) in [7, 11) is 0. The summed E-state index contributed by atoms with van der Waals surface area (Å²) in [6.45, 7) is 3.88. The van der Waals surface area contributed by atoms with Crippen LogP contribution in [0.5, 0.6) is 5.75 Å². The smallest absolute Gasteiger partial charge is 0.153 e. The molecule has 0 saturated carbocycles. The van der Waals surface area contributed by atoms with Gasteiger partial charge in [-0.1, -0.05) is 11.8 Å². The average Bonchev–Trinajstić information content (AvgIpc) is 2.50. The van der Waals surface area contributed by atoms with Gasteiger partial charge in [0.2, 0.25) is 0 Å². The van der Waals surface area contributed by atoms with Gasteiger partial charge in [0.05, 0.1) is 11.3 Å². The molecule has 0 heterocycles. The number of aliphatic imine (C=N–C) groups is 1. The van der Waals surface area contributed by atoms with E-state index in [9.17, 15) is 8.78 Å². The number of benzene rings is 2. The summed E-state index contributed by atoms with van der Waals surface area (Å²) in [6, 6.07) is 9.37. The molecular formula is C18H13F2NOS. The topological polar surface area (TPSA) is 21.6 Å². The highest BCUT2D eigenvalue weighted by Gasteiger charge is 2.09. The van der Waals surface area contributed by atoms with Crippen LogP contribution < -0.4 is 4.74 Å². The summed E-state index contributed by atoms with van der Waals surface area (Å²) in [5, 5.41) is 1.94. The van der Waals surface area contributed by atoms with E-state index in [4.69, 9.17) is 4.74 Å². The molecular weight excluding hydrogens is 316 g/mol. The number of isothiocyanates is 1. The Kier molecular flexibility index (Phi) is 5.59. The van der Waals surface area contributed by atoms with Crippen molar-refractivity contribution < 1.29 is 13.5 Å². The van der Waals surface area contributed by atoms with E-state index in [2.05, 4.69) is 29.1 Å². The molecule has 2 aromatic rings. The molecule has 0 saturated heterocycles. The third kappa shape index (κ3) is 4.72. The van der Waals surface area contributed by atoms with Crippen molar-refractivity contribution in [3.63, 3.8) is 0 Å². The van der Waals surface area contributed by atoms with Gasteiger partial charge in [-0.3, -0.25) is 0 Å². The van der Waals surface area contributed by atoms with Crippen molar-refractivity contribution in [1.82, 2.24) is 0 Å². The van der Waals surface area contributed by atoms with Crippen LogP contribution in [0.4, 0.5) is 14.5 Å². The number of rotatable bonds is 3. The molecule has 5 heteroatoms. The van der Waals surface area contributed by atoms with Crippen molar-refractivity contribution in [3.05, 3.63) is 59.2 Å². The fourth-order valence-corrected chi connectivity index (χ4v) is 1.91. The molecule has 0 amide bonds. The molecule has 116 valence electrons. The Morgan fingerprint density at radius 3 is 2.09 bits per heavy atom. The maximum atomic E-state index is 13.7. The van der Waals surface area contributed by atoms with Gasteiger partial charge < -0.3 is 4.74 Å². The second-order valence-electron chi connectivity index (χ2n) is 4.93. The molecule has 0 aliphatic rings. The van der Waals surface area contributed by atoms with E-state index in [1.807, 2.05) is 19.0 Å². The maximum Gasteiger partial charge on any atom is 0.153 e. The molecule has 23 heavy (non-hydrogen) atoms. The van der Waals surface area contributed by atoms with Crippen molar-refractivity contribution in [3.8, 4) is 17.6 Å². The van der Waals surface area contributed by atoms with Gasteiger partial charge in [0.15, 0.2) is 11.6 Å². The van der Waals surface area contributed by atoms with Crippen LogP contribution in [0.15, 0.2) is 41.4 Å². The van der Waals surface area contributed by atoms with E-state index >= 15 is 0 Å². The predicted octanol–water partition coefficient (Wildman–Crippen LogP) is 4.89. The number of hydrogen-bond donors (Lipinski definition) is 0. The lowest BCUT2D eigenvalue weighted by Gasteiger charge is -2.08. The van der Waals surface area contributed by atoms with Crippen LogP contribution in [-0.4, -0.2) is 11.3 Å². The second kappa shape index (κ2) is 7.64. The maximum absolute atomic E-state index is 13.7. The van der Waals surface area contributed by atoms with Gasteiger partial charge in [-0.2, -0.15) is 4.99 Å². The van der Waals surface area contributed by atoms with Gasteiger partial charge >= 0.3 is 0 Å². The van der Waals surface area contributed by atoms with Crippen LogP contribution in [-0.2, 0) is 0 Å². The number of hydrogen-bond acceptors (Lipinski definition) is 3. The quantitative estimate of drug-likeness (QED) is 0.454. The third-order valence-corrected chi connectivity index (χ3v) is 2.84. The Morgan fingerprint density at radius 1 is 1.00 bits per heavy atom. The van der Waals surface area contributed by atoms with E-state index < -0.39 is 17.3 Å². The minimum Gasteiger partial charge on any atom is -0.491 e. The van der Waals surface area contributed by atoms with Gasteiger partial charge in [-0.05, 0) is 62.5 Å². The molecule has 0 fully saturated rings. The zero-order valence-corrected chi connectivity index (χ0v) is 13.4. The van der Waals surface area contributed by atoms with Crippen molar-refractivity contribution in [1.29, 1.82) is 0 Å². The number of thiocarbonyl (C=S) groups is 1. The van der Waals surface area contributed by atoms with Crippen LogP contribution >= 0.6 is 12.2 Å². The minimum atomic E-state index is -0.827. The Balaban J connectivity index is 2.23. The van der Waals surface area contributed by atoms with Crippen LogP contribution in [0, 0.1) is 23.5 Å². The van der Waals surface area contributed by atoms with Gasteiger partial charge in [0, 0.05) is 11.1 Å². The van der Waals surface area contributed by atoms with Crippen molar-refractivity contribution in [2.24, 2.45) is 4.99 Å². The fourth-order valence-electron chi connectivity index (χ4n) is 1.82. The van der Waals surface area contributed by atoms with E-state index in [1.165, 1.54) is 0 Å². The molecule has 0 radical (unpaired) electrons. The second-order valence-corrected chi connectivity index (χ2v) is 5.12. The van der Waals surface area contributed by atoms with Gasteiger partial charge in [-0.25, -0.2) is 8.78 Å². The van der Waals surface area contributed by atoms with Gasteiger partial charge in [0.25, 0.3) is 0 Å². The summed E-state index contributed by atoms with van der Waals surface area (Å²) in [4.78, 5) is 3.35. The molecule has 2 aromatic carbocycles. The molecule has 2 nitrogen and oxygen atoms in total. The zero-order chi connectivity index (χ0) is 16.8. The molecule has 2 rings (SSSR count). The summed E-state index contributed by atoms with van der Waals surface area (Å²) in [6.07, 6.45) is 0.0893. The zero-order valence-electron chi connectivity index (χ0n) is 12.6. The molecule has 0 aromatic heterocycles. The first kappa shape index (κ1) is 16.8. The summed E-state index contributed by atoms with van der Waals surface area (Å²) in [5.74, 6) is 4.64. The highest BCUT2D eigenvalue weighted by molar-refractivity contribution is 7.78. The lowest BCUT2D eigenvalue weighted by molar-refractivity contribution is 0.242. The lowest BCUT2D eigenvalue weighted by Crippen LogP contribution is -2.05. The van der Waals surface area contributed by atoms with Crippen LogP contribution in [0.2, 0.25) is 0 Å². The summed E-state index contributed by atoms with van der Waals surface area (Å²) >= 11 is 4.35. The van der Waals surface area contributed by atoms with Crippen molar-refractivity contribution in [2.45, 2.75) is 20.0 Å². The summed E-state index contributed by atoms with van der Waals surface area (Å²) < 4.78 is 32.9. The van der Waals surface area contributed by atoms with E-state index in [0.717, 1.165) is 17.9 Å². The minimum absolute atomic E-state index is 0.0893. The van der Waals surface area contributed by atoms with E-state index in [1.54, 1.807) is 24.3 Å². The highest BCUT2D eigenvalue weighted by atomic mass is 32.1. The Hall–Kier alpha value is -2.54. The first-order chi connectivity index (χ1) is 11.0. The largest absolute Gasteiger partial charge is 0.491 e. The normalized spacial score (nSPS) is 9.78. The molecule has 0 N–H and O–H groups in total. The molecule has 0 unspecified atom stereocenters. The Morgan fingerprint density at radius 2 is 1.57 bits per heavy atom. The SMILES string of the molecule is CC(C)Oc1ccc(C#Cc2cc(F)c(N=C=S)c(F)c2)cc1. The first-order valence-corrected chi connectivity index (χ1v) is 7.26. The Bertz CT molecular complexity index is 790. The van der Waals surface area contributed by atoms with Gasteiger partial charge in [-0.15, -0.1) is 0 Å². The highest BCUT2D eigenvalue weighted by Crippen LogP contribution is 2.23. The average molecular weight is 329 g/mol. The van der Waals surface area contributed by atoms with Crippen LogP contribution in [0.3, 0.4) is 0 Å². The number of halogens is 2. The van der Waals surface area contributed by atoms with E-state index in [-0.39, 0.29) is 11.7 Å². The molecule has 0 aliphatic carbocycles. The molecule has 0 spiro atoms. The predicted molar refractivity (Wildman–Crippen MR) is 89.2 cm³/mol. The van der Waals surface area contributed by atoms with Crippen LogP contribution in [0.1, 0.15) is 25.0 Å². The molecule has 0 bridgehead atoms. The molecule has 0 atom stereocenters. The van der Waals surface area contributed by atoms with Crippen molar-refractivity contribution >= 4 is 23.1 Å². The monoisotopic (exact) mass is 329 g/mol. The number of ether oxygens (including phenoxy) is 1. The number of nitrogens with zero attached hydrogens (tertiary/aromatic N) is 1. The van der Waals surface area contributed by atoms with Crippen LogP contribution in [0.25, 0.3) is 0 Å². The first-order valence-electron chi connectivity index (χ1n) is 6.85. The van der Waals surface area contributed by atoms with E-state index in [0.29, 0.717) is 5.56 Å². The van der Waals surface area contributed by atoms with Crippen molar-refractivity contribution in [2.75, 3.05) is 0 Å². The fraction of sp³-hybridized carbons (Fsp3) is 0.167. The standard InChI is InChI=1S/C18H13F2NOS/c1-12(2)22-15-7-5-13(6-8-15)3-4-14-9-16(19)18(21-11-23)17(20)10-14/h5-10,12H,1-2H3. The Labute approximate surface area is 138 Å². The summed E-state index contributed by atoms with van der Waals surface area (Å²) in [5.41, 5.74) is 0.467. The third-order valence-electron chi connectivity index (χ3n) is 2.75.